The third kappa shape index (κ3) is 2.30. The molecule has 0 unspecified atom stereocenters. The Morgan fingerprint density at radius 3 is 2.00 bits per heavy atom. The molecule has 0 aliphatic rings. The molecule has 2 nitrogen and oxygen atoms in total. The number of hydrogen-bond donors (Lipinski definition) is 2. The molecule has 0 saturated carbocycles. The van der Waals surface area contributed by atoms with Crippen LogP contribution in [-0.2, 0) is 0 Å². The fraction of sp³-hybridized carbons (Fsp3) is 0.143. The molecule has 82 valence electrons. The van der Waals surface area contributed by atoms with Crippen LogP contribution in [0.3, 0.4) is 0 Å². The van der Waals surface area contributed by atoms with E-state index >= 15 is 0 Å². The Hall–Kier alpha value is -1.64. The second-order valence-corrected chi connectivity index (χ2v) is 3.74. The maximum atomic E-state index is 9.57. The third-order valence-corrected chi connectivity index (χ3v) is 2.63. The van der Waals surface area contributed by atoms with Crippen molar-refractivity contribution in [1.82, 2.24) is 0 Å². The molecule has 2 aromatic carbocycles. The number of benzene rings is 2. The van der Waals surface area contributed by atoms with Gasteiger partial charge >= 0.3 is 0 Å². The van der Waals surface area contributed by atoms with Crippen molar-refractivity contribution in [2.24, 2.45) is 5.73 Å². The van der Waals surface area contributed by atoms with Gasteiger partial charge in [-0.25, -0.2) is 0 Å². The molecule has 0 saturated heterocycles. The molecular weight excluding hydrogens is 198 g/mol. The van der Waals surface area contributed by atoms with Crippen LogP contribution in [0, 0.1) is 0 Å². The lowest BCUT2D eigenvalue weighted by atomic mass is 10.0. The zero-order valence-corrected chi connectivity index (χ0v) is 9.01. The van der Waals surface area contributed by atoms with E-state index in [4.69, 9.17) is 5.73 Å². The first-order chi connectivity index (χ1) is 7.81. The van der Waals surface area contributed by atoms with Crippen molar-refractivity contribution in [3.8, 4) is 11.1 Å². The van der Waals surface area contributed by atoms with Crippen LogP contribution in [0.4, 0.5) is 0 Å². The lowest BCUT2D eigenvalue weighted by Gasteiger charge is -2.08. The van der Waals surface area contributed by atoms with Gasteiger partial charge in [-0.2, -0.15) is 0 Å². The monoisotopic (exact) mass is 213 g/mol. The summed E-state index contributed by atoms with van der Waals surface area (Å²) in [6.07, 6.45) is -0.565. The van der Waals surface area contributed by atoms with Crippen molar-refractivity contribution in [3.63, 3.8) is 0 Å². The molecule has 1 atom stereocenters. The van der Waals surface area contributed by atoms with Gasteiger partial charge in [0, 0.05) is 6.54 Å². The van der Waals surface area contributed by atoms with Crippen molar-refractivity contribution in [1.29, 1.82) is 0 Å². The van der Waals surface area contributed by atoms with Gasteiger partial charge in [0.2, 0.25) is 0 Å². The first-order valence-corrected chi connectivity index (χ1v) is 5.35. The SMILES string of the molecule is NC[C@H](O)c1ccc(-c2ccccc2)cc1. The molecule has 0 aliphatic heterocycles. The van der Waals surface area contributed by atoms with Gasteiger partial charge in [-0.05, 0) is 16.7 Å². The summed E-state index contributed by atoms with van der Waals surface area (Å²) >= 11 is 0. The van der Waals surface area contributed by atoms with Crippen LogP contribution in [0.25, 0.3) is 11.1 Å². The summed E-state index contributed by atoms with van der Waals surface area (Å²) in [5.74, 6) is 0. The Labute approximate surface area is 95.4 Å². The van der Waals surface area contributed by atoms with E-state index in [1.807, 2.05) is 42.5 Å². The molecule has 2 rings (SSSR count). The van der Waals surface area contributed by atoms with Crippen LogP contribution >= 0.6 is 0 Å². The minimum Gasteiger partial charge on any atom is -0.387 e. The van der Waals surface area contributed by atoms with Crippen LogP contribution < -0.4 is 5.73 Å². The van der Waals surface area contributed by atoms with E-state index in [-0.39, 0.29) is 6.54 Å². The van der Waals surface area contributed by atoms with Gasteiger partial charge in [-0.3, -0.25) is 0 Å². The molecule has 0 aliphatic carbocycles. The van der Waals surface area contributed by atoms with E-state index in [0.717, 1.165) is 11.1 Å². The molecule has 2 heteroatoms. The predicted octanol–water partition coefficient (Wildman–Crippen LogP) is 2.35. The number of hydrogen-bond acceptors (Lipinski definition) is 2. The summed E-state index contributed by atoms with van der Waals surface area (Å²) in [4.78, 5) is 0. The normalized spacial score (nSPS) is 12.4. The van der Waals surface area contributed by atoms with Crippen LogP contribution in [0.5, 0.6) is 0 Å². The molecule has 2 aromatic rings. The highest BCUT2D eigenvalue weighted by Crippen LogP contribution is 2.21. The summed E-state index contributed by atoms with van der Waals surface area (Å²) in [5.41, 5.74) is 8.59. The quantitative estimate of drug-likeness (QED) is 0.822. The zero-order valence-electron chi connectivity index (χ0n) is 9.01. The maximum absolute atomic E-state index is 9.57. The Bertz CT molecular complexity index is 436. The lowest BCUT2D eigenvalue weighted by molar-refractivity contribution is 0.187. The molecule has 0 bridgehead atoms. The molecular formula is C14H15NO. The zero-order chi connectivity index (χ0) is 11.4. The molecule has 0 spiro atoms. The van der Waals surface area contributed by atoms with E-state index in [9.17, 15) is 5.11 Å². The molecule has 0 heterocycles. The van der Waals surface area contributed by atoms with Gasteiger partial charge in [0.05, 0.1) is 6.10 Å². The van der Waals surface area contributed by atoms with Crippen LogP contribution in [0.1, 0.15) is 11.7 Å². The van der Waals surface area contributed by atoms with Gasteiger partial charge in [0.25, 0.3) is 0 Å². The van der Waals surface area contributed by atoms with Crippen molar-refractivity contribution in [2.75, 3.05) is 6.54 Å². The summed E-state index contributed by atoms with van der Waals surface area (Å²) in [6, 6.07) is 18.0. The number of aliphatic hydroxyl groups excluding tert-OH is 1. The minimum atomic E-state index is -0.565. The highest BCUT2D eigenvalue weighted by atomic mass is 16.3. The fourth-order valence-corrected chi connectivity index (χ4v) is 1.66. The van der Waals surface area contributed by atoms with Crippen LogP contribution in [0.2, 0.25) is 0 Å². The molecule has 0 amide bonds. The number of nitrogens with two attached hydrogens (primary N) is 1. The molecule has 0 fully saturated rings. The van der Waals surface area contributed by atoms with Crippen molar-refractivity contribution < 1.29 is 5.11 Å². The third-order valence-electron chi connectivity index (χ3n) is 2.63. The lowest BCUT2D eigenvalue weighted by Crippen LogP contribution is -2.11. The van der Waals surface area contributed by atoms with Crippen molar-refractivity contribution in [2.45, 2.75) is 6.10 Å². The predicted molar refractivity (Wildman–Crippen MR) is 65.9 cm³/mol. The van der Waals surface area contributed by atoms with Gasteiger partial charge in [-0.15, -0.1) is 0 Å². The number of aliphatic hydroxyl groups is 1. The van der Waals surface area contributed by atoms with Gasteiger partial charge < -0.3 is 10.8 Å². The molecule has 0 aromatic heterocycles. The Morgan fingerprint density at radius 1 is 0.875 bits per heavy atom. The van der Waals surface area contributed by atoms with Gasteiger partial charge in [-0.1, -0.05) is 54.6 Å². The summed E-state index contributed by atoms with van der Waals surface area (Å²) in [5, 5.41) is 9.57. The summed E-state index contributed by atoms with van der Waals surface area (Å²) in [6.45, 7) is 0.255. The Balaban J connectivity index is 2.26. The van der Waals surface area contributed by atoms with Gasteiger partial charge in [0.1, 0.15) is 0 Å². The smallest absolute Gasteiger partial charge is 0.0912 e. The fourth-order valence-electron chi connectivity index (χ4n) is 1.66. The van der Waals surface area contributed by atoms with E-state index < -0.39 is 6.10 Å². The first-order valence-electron chi connectivity index (χ1n) is 5.35. The second kappa shape index (κ2) is 4.92. The average Bonchev–Trinajstić information content (AvgIpc) is 2.39. The first kappa shape index (κ1) is 10.9. The average molecular weight is 213 g/mol. The molecule has 16 heavy (non-hydrogen) atoms. The largest absolute Gasteiger partial charge is 0.387 e. The second-order valence-electron chi connectivity index (χ2n) is 3.74. The maximum Gasteiger partial charge on any atom is 0.0912 e. The minimum absolute atomic E-state index is 0.255. The van der Waals surface area contributed by atoms with E-state index in [2.05, 4.69) is 12.1 Å². The Morgan fingerprint density at radius 2 is 1.44 bits per heavy atom. The van der Waals surface area contributed by atoms with Crippen molar-refractivity contribution >= 4 is 0 Å². The van der Waals surface area contributed by atoms with Gasteiger partial charge in [0.15, 0.2) is 0 Å². The highest BCUT2D eigenvalue weighted by molar-refractivity contribution is 5.63. The van der Waals surface area contributed by atoms with Crippen molar-refractivity contribution in [3.05, 3.63) is 60.2 Å². The van der Waals surface area contributed by atoms with E-state index in [0.29, 0.717) is 0 Å². The number of rotatable bonds is 3. The highest BCUT2D eigenvalue weighted by Gasteiger charge is 2.04. The Kier molecular flexibility index (Phi) is 3.34. The molecule has 3 N–H and O–H groups in total. The summed E-state index contributed by atoms with van der Waals surface area (Å²) in [7, 11) is 0. The van der Waals surface area contributed by atoms with Crippen LogP contribution in [-0.4, -0.2) is 11.7 Å². The topological polar surface area (TPSA) is 46.2 Å². The van der Waals surface area contributed by atoms with E-state index in [1.54, 1.807) is 0 Å². The standard InChI is InChI=1S/C14H15NO/c15-10-14(16)13-8-6-12(7-9-13)11-4-2-1-3-5-11/h1-9,14,16H,10,15H2/t14-/m0/s1. The van der Waals surface area contributed by atoms with E-state index in [1.165, 1.54) is 5.56 Å². The summed E-state index contributed by atoms with van der Waals surface area (Å²) < 4.78 is 0. The van der Waals surface area contributed by atoms with Crippen LogP contribution in [0.15, 0.2) is 54.6 Å². The molecule has 0 radical (unpaired) electrons.